The van der Waals surface area contributed by atoms with E-state index in [9.17, 15) is 0 Å². The minimum atomic E-state index is 0.551. The quantitative estimate of drug-likeness (QED) is 0.776. The van der Waals surface area contributed by atoms with Crippen LogP contribution in [-0.4, -0.2) is 15.0 Å². The van der Waals surface area contributed by atoms with Crippen LogP contribution in [0.5, 0.6) is 0 Å². The molecule has 0 unspecified atom stereocenters. The van der Waals surface area contributed by atoms with Gasteiger partial charge in [0, 0.05) is 6.20 Å². The van der Waals surface area contributed by atoms with E-state index in [4.69, 9.17) is 5.73 Å². The van der Waals surface area contributed by atoms with Crippen molar-refractivity contribution in [1.29, 1.82) is 0 Å². The topological polar surface area (TPSA) is 76.7 Å². The highest BCUT2D eigenvalue weighted by molar-refractivity contribution is 5.36. The van der Waals surface area contributed by atoms with Gasteiger partial charge >= 0.3 is 0 Å². The Hall–Kier alpha value is -2.17. The lowest BCUT2D eigenvalue weighted by Crippen LogP contribution is -2.04. The third kappa shape index (κ3) is 2.63. The van der Waals surface area contributed by atoms with Crippen LogP contribution in [0.2, 0.25) is 0 Å². The Balaban J connectivity index is 1.96. The van der Waals surface area contributed by atoms with Gasteiger partial charge in [0.15, 0.2) is 0 Å². The van der Waals surface area contributed by atoms with Crippen LogP contribution in [0, 0.1) is 0 Å². The van der Waals surface area contributed by atoms with Crippen LogP contribution in [0.15, 0.2) is 36.8 Å². The van der Waals surface area contributed by atoms with Crippen molar-refractivity contribution >= 4 is 11.6 Å². The van der Waals surface area contributed by atoms with Gasteiger partial charge in [-0.25, -0.2) is 9.97 Å². The number of anilines is 2. The largest absolute Gasteiger partial charge is 0.396 e. The van der Waals surface area contributed by atoms with Gasteiger partial charge in [-0.1, -0.05) is 6.07 Å². The van der Waals surface area contributed by atoms with Gasteiger partial charge < -0.3 is 11.1 Å². The Morgan fingerprint density at radius 3 is 2.60 bits per heavy atom. The van der Waals surface area contributed by atoms with Crippen molar-refractivity contribution in [1.82, 2.24) is 15.0 Å². The molecule has 0 saturated carbocycles. The fourth-order valence-electron chi connectivity index (χ4n) is 1.10. The van der Waals surface area contributed by atoms with E-state index in [2.05, 4.69) is 20.3 Å². The van der Waals surface area contributed by atoms with E-state index in [1.165, 1.54) is 0 Å². The molecular weight excluding hydrogens is 190 g/mol. The summed E-state index contributed by atoms with van der Waals surface area (Å²) in [6.07, 6.45) is 4.88. The first kappa shape index (κ1) is 9.39. The molecule has 0 atom stereocenters. The van der Waals surface area contributed by atoms with Gasteiger partial charge in [-0.2, -0.15) is 0 Å². The molecule has 0 spiro atoms. The molecule has 0 aliphatic rings. The first-order chi connectivity index (χ1) is 7.34. The van der Waals surface area contributed by atoms with Crippen molar-refractivity contribution in [3.63, 3.8) is 0 Å². The summed E-state index contributed by atoms with van der Waals surface area (Å²) < 4.78 is 0. The van der Waals surface area contributed by atoms with E-state index in [1.807, 2.05) is 18.2 Å². The molecule has 0 fully saturated rings. The van der Waals surface area contributed by atoms with E-state index < -0.39 is 0 Å². The van der Waals surface area contributed by atoms with Crippen molar-refractivity contribution in [2.24, 2.45) is 0 Å². The molecule has 2 rings (SSSR count). The predicted octanol–water partition coefficient (Wildman–Crippen LogP) is 1.07. The number of hydrogen-bond acceptors (Lipinski definition) is 5. The van der Waals surface area contributed by atoms with Gasteiger partial charge in [-0.3, -0.25) is 4.98 Å². The highest BCUT2D eigenvalue weighted by Gasteiger charge is 1.96. The molecule has 0 aromatic carbocycles. The first-order valence-corrected chi connectivity index (χ1v) is 4.56. The highest BCUT2D eigenvalue weighted by atomic mass is 15.1. The molecule has 2 aromatic heterocycles. The SMILES string of the molecule is Nc1cnc(NCc2ccccn2)nc1. The molecule has 2 aromatic rings. The Morgan fingerprint density at radius 2 is 1.93 bits per heavy atom. The van der Waals surface area contributed by atoms with E-state index >= 15 is 0 Å². The lowest BCUT2D eigenvalue weighted by Gasteiger charge is -2.03. The Bertz CT molecular complexity index is 412. The zero-order valence-corrected chi connectivity index (χ0v) is 8.09. The molecule has 2 heterocycles. The fraction of sp³-hybridized carbons (Fsp3) is 0.100. The standard InChI is InChI=1S/C10H11N5/c11-8-5-13-10(14-6-8)15-7-9-3-1-2-4-12-9/h1-6H,7,11H2,(H,13,14,15). The molecule has 0 amide bonds. The van der Waals surface area contributed by atoms with Crippen molar-refractivity contribution in [3.05, 3.63) is 42.5 Å². The molecule has 5 heteroatoms. The van der Waals surface area contributed by atoms with Crippen LogP contribution in [0.3, 0.4) is 0 Å². The van der Waals surface area contributed by atoms with Crippen molar-refractivity contribution < 1.29 is 0 Å². The second kappa shape index (κ2) is 4.36. The molecule has 0 saturated heterocycles. The van der Waals surface area contributed by atoms with Gasteiger partial charge in [0.25, 0.3) is 0 Å². The van der Waals surface area contributed by atoms with Crippen LogP contribution >= 0.6 is 0 Å². The summed E-state index contributed by atoms with van der Waals surface area (Å²) in [7, 11) is 0. The second-order valence-corrected chi connectivity index (χ2v) is 3.01. The van der Waals surface area contributed by atoms with Crippen molar-refractivity contribution in [2.75, 3.05) is 11.1 Å². The number of pyridine rings is 1. The van der Waals surface area contributed by atoms with Crippen LogP contribution in [0.25, 0.3) is 0 Å². The maximum Gasteiger partial charge on any atom is 0.223 e. The Labute approximate surface area is 87.4 Å². The van der Waals surface area contributed by atoms with Crippen molar-refractivity contribution in [3.8, 4) is 0 Å². The third-order valence-corrected chi connectivity index (χ3v) is 1.83. The van der Waals surface area contributed by atoms with E-state index in [0.717, 1.165) is 5.69 Å². The maximum absolute atomic E-state index is 5.47. The van der Waals surface area contributed by atoms with Crippen LogP contribution in [0.1, 0.15) is 5.69 Å². The maximum atomic E-state index is 5.47. The third-order valence-electron chi connectivity index (χ3n) is 1.83. The van der Waals surface area contributed by atoms with E-state index in [0.29, 0.717) is 18.2 Å². The van der Waals surface area contributed by atoms with E-state index in [1.54, 1.807) is 18.6 Å². The fourth-order valence-corrected chi connectivity index (χ4v) is 1.10. The lowest BCUT2D eigenvalue weighted by atomic mass is 10.3. The molecule has 3 N–H and O–H groups in total. The molecular formula is C10H11N5. The second-order valence-electron chi connectivity index (χ2n) is 3.01. The Morgan fingerprint density at radius 1 is 1.13 bits per heavy atom. The summed E-state index contributed by atoms with van der Waals surface area (Å²) in [4.78, 5) is 12.2. The number of nitrogens with two attached hydrogens (primary N) is 1. The molecule has 5 nitrogen and oxygen atoms in total. The monoisotopic (exact) mass is 201 g/mol. The number of hydrogen-bond donors (Lipinski definition) is 2. The predicted molar refractivity (Wildman–Crippen MR) is 58.0 cm³/mol. The average Bonchev–Trinajstić information content (AvgIpc) is 2.30. The highest BCUT2D eigenvalue weighted by Crippen LogP contribution is 2.02. The van der Waals surface area contributed by atoms with Gasteiger partial charge in [0.1, 0.15) is 0 Å². The summed E-state index contributed by atoms with van der Waals surface area (Å²) in [6, 6.07) is 5.75. The summed E-state index contributed by atoms with van der Waals surface area (Å²) in [5, 5.41) is 3.05. The summed E-state index contributed by atoms with van der Waals surface area (Å²) in [5.74, 6) is 0.551. The Kier molecular flexibility index (Phi) is 2.73. The molecule has 0 aliphatic heterocycles. The van der Waals surface area contributed by atoms with Crippen molar-refractivity contribution in [2.45, 2.75) is 6.54 Å². The number of nitrogens with zero attached hydrogens (tertiary/aromatic N) is 3. The minimum absolute atomic E-state index is 0.551. The first-order valence-electron chi connectivity index (χ1n) is 4.56. The molecule has 15 heavy (non-hydrogen) atoms. The average molecular weight is 201 g/mol. The smallest absolute Gasteiger partial charge is 0.223 e. The minimum Gasteiger partial charge on any atom is -0.396 e. The van der Waals surface area contributed by atoms with Crippen LogP contribution in [-0.2, 0) is 6.54 Å². The molecule has 76 valence electrons. The normalized spacial score (nSPS) is 9.87. The summed E-state index contributed by atoms with van der Waals surface area (Å²) >= 11 is 0. The number of nitrogen functional groups attached to an aromatic ring is 1. The van der Waals surface area contributed by atoms with Gasteiger partial charge in [0.05, 0.1) is 30.3 Å². The molecule has 0 radical (unpaired) electrons. The van der Waals surface area contributed by atoms with Crippen LogP contribution < -0.4 is 11.1 Å². The molecule has 0 aliphatic carbocycles. The van der Waals surface area contributed by atoms with E-state index in [-0.39, 0.29) is 0 Å². The lowest BCUT2D eigenvalue weighted by molar-refractivity contribution is 1.00. The van der Waals surface area contributed by atoms with Gasteiger partial charge in [-0.15, -0.1) is 0 Å². The number of aromatic nitrogens is 3. The van der Waals surface area contributed by atoms with Gasteiger partial charge in [-0.05, 0) is 12.1 Å². The molecule has 0 bridgehead atoms. The summed E-state index contributed by atoms with van der Waals surface area (Å²) in [6.45, 7) is 0.602. The zero-order valence-electron chi connectivity index (χ0n) is 8.09. The number of nitrogens with one attached hydrogen (secondary N) is 1. The zero-order chi connectivity index (χ0) is 10.5. The van der Waals surface area contributed by atoms with Gasteiger partial charge in [0.2, 0.25) is 5.95 Å². The summed E-state index contributed by atoms with van der Waals surface area (Å²) in [5.41, 5.74) is 6.97. The van der Waals surface area contributed by atoms with Crippen LogP contribution in [0.4, 0.5) is 11.6 Å². The number of rotatable bonds is 3.